The zero-order valence-corrected chi connectivity index (χ0v) is 19.7. The molecule has 1 saturated carbocycles. The summed E-state index contributed by atoms with van der Waals surface area (Å²) in [4.78, 5) is 27.0. The molecular weight excluding hydrogens is 443 g/mol. The molecule has 0 bridgehead atoms. The monoisotopic (exact) mass is 472 g/mol. The first-order valence-corrected chi connectivity index (χ1v) is 12.6. The number of fused-ring (bicyclic) bond motifs is 5. The summed E-state index contributed by atoms with van der Waals surface area (Å²) >= 11 is 0. The number of benzene rings is 2. The van der Waals surface area contributed by atoms with Crippen molar-refractivity contribution in [3.05, 3.63) is 64.7 Å². The zero-order chi connectivity index (χ0) is 24.1. The van der Waals surface area contributed by atoms with Crippen molar-refractivity contribution in [1.29, 1.82) is 0 Å². The molecule has 1 atom stereocenters. The number of likely N-dealkylation sites (tertiary alicyclic amines) is 1. The number of aromatic carboxylic acids is 1. The molecule has 1 aliphatic carbocycles. The second-order valence-electron chi connectivity index (χ2n) is 10.1. The van der Waals surface area contributed by atoms with Crippen LogP contribution >= 0.6 is 0 Å². The van der Waals surface area contributed by atoms with E-state index in [1.807, 2.05) is 30.3 Å². The highest BCUT2D eigenvalue weighted by Gasteiger charge is 2.33. The van der Waals surface area contributed by atoms with Crippen molar-refractivity contribution in [3.63, 3.8) is 0 Å². The molecule has 6 heteroatoms. The van der Waals surface area contributed by atoms with Crippen LogP contribution in [-0.2, 0) is 11.3 Å². The second kappa shape index (κ2) is 8.67. The number of hydrogen-bond acceptors (Lipinski definition) is 2. The molecule has 3 heterocycles. The Morgan fingerprint density at radius 1 is 1.00 bits per heavy atom. The molecule has 5 nitrogen and oxygen atoms in total. The largest absolute Gasteiger partial charge is 0.478 e. The predicted octanol–water partition coefficient (Wildman–Crippen LogP) is 6.02. The van der Waals surface area contributed by atoms with Crippen LogP contribution in [0.5, 0.6) is 0 Å². The fourth-order valence-corrected chi connectivity index (χ4v) is 6.25. The predicted molar refractivity (Wildman–Crippen MR) is 134 cm³/mol. The van der Waals surface area contributed by atoms with Crippen LogP contribution in [0.4, 0.5) is 4.39 Å². The molecule has 2 aliphatic heterocycles. The number of carbonyl (C=O) groups is 2. The van der Waals surface area contributed by atoms with Crippen LogP contribution in [0.2, 0.25) is 0 Å². The van der Waals surface area contributed by atoms with E-state index in [-0.39, 0.29) is 18.0 Å². The summed E-state index contributed by atoms with van der Waals surface area (Å²) in [7, 11) is 0. The van der Waals surface area contributed by atoms with Crippen molar-refractivity contribution in [2.75, 3.05) is 13.1 Å². The third-order valence-corrected chi connectivity index (χ3v) is 7.93. The second-order valence-corrected chi connectivity index (χ2v) is 10.1. The minimum absolute atomic E-state index is 0.133. The molecule has 180 valence electrons. The van der Waals surface area contributed by atoms with Crippen LogP contribution in [0.25, 0.3) is 28.2 Å². The Balaban J connectivity index is 1.59. The lowest BCUT2D eigenvalue weighted by molar-refractivity contribution is -0.126. The summed E-state index contributed by atoms with van der Waals surface area (Å²) in [5.74, 6) is -0.703. The van der Waals surface area contributed by atoms with Crippen molar-refractivity contribution < 1.29 is 19.1 Å². The van der Waals surface area contributed by atoms with Crippen LogP contribution in [0.15, 0.2) is 48.0 Å². The van der Waals surface area contributed by atoms with Crippen molar-refractivity contribution in [1.82, 2.24) is 9.47 Å². The van der Waals surface area contributed by atoms with Crippen LogP contribution in [0.3, 0.4) is 0 Å². The third-order valence-electron chi connectivity index (χ3n) is 7.93. The number of carbonyl (C=O) groups excluding carboxylic acids is 1. The molecule has 35 heavy (non-hydrogen) atoms. The maximum atomic E-state index is 13.9. The van der Waals surface area contributed by atoms with Gasteiger partial charge in [-0.2, -0.15) is 0 Å². The number of hydrogen-bond donors (Lipinski definition) is 1. The first kappa shape index (κ1) is 22.1. The van der Waals surface area contributed by atoms with E-state index in [4.69, 9.17) is 0 Å². The molecule has 3 aliphatic rings. The lowest BCUT2D eigenvalue weighted by Crippen LogP contribution is -2.31. The van der Waals surface area contributed by atoms with Gasteiger partial charge in [0, 0.05) is 28.6 Å². The molecular formula is C29H29FN2O3. The Morgan fingerprint density at radius 2 is 1.80 bits per heavy atom. The number of halogens is 1. The fourth-order valence-electron chi connectivity index (χ4n) is 6.25. The van der Waals surface area contributed by atoms with Gasteiger partial charge < -0.3 is 14.6 Å². The summed E-state index contributed by atoms with van der Waals surface area (Å²) in [6, 6.07) is 13.5. The quantitative estimate of drug-likeness (QED) is 0.507. The lowest BCUT2D eigenvalue weighted by atomic mass is 9.81. The average Bonchev–Trinajstić information content (AvgIpc) is 3.39. The molecule has 2 fully saturated rings. The van der Waals surface area contributed by atoms with Crippen molar-refractivity contribution in [2.24, 2.45) is 0 Å². The van der Waals surface area contributed by atoms with E-state index in [9.17, 15) is 19.1 Å². The number of rotatable bonds is 3. The van der Waals surface area contributed by atoms with E-state index in [1.54, 1.807) is 17.0 Å². The van der Waals surface area contributed by atoms with Crippen LogP contribution < -0.4 is 0 Å². The van der Waals surface area contributed by atoms with Crippen molar-refractivity contribution in [3.8, 4) is 11.3 Å². The Hall–Kier alpha value is -3.41. The van der Waals surface area contributed by atoms with E-state index in [1.165, 1.54) is 24.8 Å². The summed E-state index contributed by atoms with van der Waals surface area (Å²) in [5.41, 5.74) is 6.10. The number of amides is 1. The Morgan fingerprint density at radius 3 is 2.54 bits per heavy atom. The molecule has 3 aromatic rings. The highest BCUT2D eigenvalue weighted by molar-refractivity contribution is 6.03. The minimum Gasteiger partial charge on any atom is -0.478 e. The smallest absolute Gasteiger partial charge is 0.335 e. The van der Waals surface area contributed by atoms with Gasteiger partial charge in [0.05, 0.1) is 24.3 Å². The number of carboxylic acid groups (broad SMARTS) is 1. The highest BCUT2D eigenvalue weighted by atomic mass is 19.1. The molecule has 2 aromatic carbocycles. The fraction of sp³-hybridized carbons (Fsp3) is 0.379. The third kappa shape index (κ3) is 3.76. The molecule has 6 rings (SSSR count). The van der Waals surface area contributed by atoms with E-state index >= 15 is 0 Å². The number of alkyl halides is 1. The number of aromatic nitrogens is 1. The van der Waals surface area contributed by atoms with Gasteiger partial charge in [-0.05, 0) is 54.5 Å². The van der Waals surface area contributed by atoms with Crippen molar-refractivity contribution in [2.45, 2.75) is 57.2 Å². The Labute approximate surface area is 203 Å². The number of carboxylic acids is 1. The summed E-state index contributed by atoms with van der Waals surface area (Å²) in [6.45, 7) is 0.894. The van der Waals surface area contributed by atoms with E-state index in [0.717, 1.165) is 40.6 Å². The summed E-state index contributed by atoms with van der Waals surface area (Å²) < 4.78 is 16.1. The van der Waals surface area contributed by atoms with E-state index in [2.05, 4.69) is 10.6 Å². The van der Waals surface area contributed by atoms with Gasteiger partial charge >= 0.3 is 5.97 Å². The summed E-state index contributed by atoms with van der Waals surface area (Å²) in [5, 5.41) is 10.8. The maximum absolute atomic E-state index is 13.9. The van der Waals surface area contributed by atoms with Gasteiger partial charge in [0.15, 0.2) is 0 Å². The summed E-state index contributed by atoms with van der Waals surface area (Å²) in [6.07, 6.45) is 7.20. The molecule has 0 unspecified atom stereocenters. The van der Waals surface area contributed by atoms with Gasteiger partial charge in [0.25, 0.3) is 5.91 Å². The normalized spacial score (nSPS) is 20.3. The van der Waals surface area contributed by atoms with Gasteiger partial charge in [-0.1, -0.05) is 49.6 Å². The topological polar surface area (TPSA) is 62.5 Å². The Bertz CT molecular complexity index is 1370. The molecule has 0 radical (unpaired) electrons. The minimum atomic E-state index is -0.975. The van der Waals surface area contributed by atoms with Crippen molar-refractivity contribution >= 4 is 28.9 Å². The zero-order valence-electron chi connectivity index (χ0n) is 19.7. The van der Waals surface area contributed by atoms with E-state index < -0.39 is 12.1 Å². The highest BCUT2D eigenvalue weighted by Crippen LogP contribution is 2.46. The molecule has 0 spiro atoms. The van der Waals surface area contributed by atoms with Gasteiger partial charge in [-0.25, -0.2) is 9.18 Å². The van der Waals surface area contributed by atoms with Gasteiger partial charge in [-0.3, -0.25) is 4.79 Å². The lowest BCUT2D eigenvalue weighted by Gasteiger charge is -2.24. The SMILES string of the molecule is O=C(O)c1ccc2c(C3CCCCC3)c3n(c2c1)CC(C(=O)N1CC[C@H](F)C1)=Cc1ccccc1-3. The van der Waals surface area contributed by atoms with Gasteiger partial charge in [0.2, 0.25) is 0 Å². The van der Waals surface area contributed by atoms with Crippen LogP contribution in [-0.4, -0.2) is 45.7 Å². The maximum Gasteiger partial charge on any atom is 0.335 e. The molecule has 1 aromatic heterocycles. The standard InChI is InChI=1S/C29H29FN2O3/c30-22-12-13-31(17-22)28(33)21-14-19-8-4-5-9-23(19)27-26(18-6-2-1-3-7-18)24-11-10-20(29(34)35)15-25(24)32(27)16-21/h4-5,8-11,14-15,18,22H,1-3,6-7,12-13,16-17H2,(H,34,35)/t22-/m0/s1. The first-order valence-electron chi connectivity index (χ1n) is 12.6. The number of nitrogens with zero attached hydrogens (tertiary/aromatic N) is 2. The van der Waals surface area contributed by atoms with Gasteiger partial charge in [-0.15, -0.1) is 0 Å². The molecule has 1 N–H and O–H groups in total. The molecule has 1 amide bonds. The van der Waals surface area contributed by atoms with Crippen LogP contribution in [0, 0.1) is 0 Å². The Kier molecular flexibility index (Phi) is 5.47. The van der Waals surface area contributed by atoms with Crippen LogP contribution in [0.1, 0.15) is 65.9 Å². The average molecular weight is 473 g/mol. The molecule has 1 saturated heterocycles. The van der Waals surface area contributed by atoms with Gasteiger partial charge in [0.1, 0.15) is 6.17 Å². The van der Waals surface area contributed by atoms with E-state index in [0.29, 0.717) is 31.0 Å². The first-order chi connectivity index (χ1) is 17.0.